The van der Waals surface area contributed by atoms with Crippen molar-refractivity contribution in [2.75, 3.05) is 12.4 Å². The van der Waals surface area contributed by atoms with Gasteiger partial charge in [0.25, 0.3) is 0 Å². The lowest BCUT2D eigenvalue weighted by Crippen LogP contribution is -2.24. The molecule has 2 N–H and O–H groups in total. The van der Waals surface area contributed by atoms with Gasteiger partial charge in [-0.2, -0.15) is 0 Å². The van der Waals surface area contributed by atoms with E-state index in [0.29, 0.717) is 16.1 Å². The first-order chi connectivity index (χ1) is 5.72. The van der Waals surface area contributed by atoms with E-state index in [0.717, 1.165) is 0 Å². The molecule has 0 spiro atoms. The van der Waals surface area contributed by atoms with E-state index in [1.165, 1.54) is 0 Å². The van der Waals surface area contributed by atoms with Gasteiger partial charge in [-0.05, 0) is 24.4 Å². The van der Waals surface area contributed by atoms with Gasteiger partial charge < -0.3 is 10.6 Å². The number of hydrogen-bond donors (Lipinski definition) is 2. The van der Waals surface area contributed by atoms with Crippen LogP contribution in [0.25, 0.3) is 0 Å². The molecule has 1 heterocycles. The molecular weight excluding hydrogens is 196 g/mol. The third kappa shape index (κ3) is 2.60. The molecule has 6 heteroatoms. The topological polar surface area (TPSA) is 49.8 Å². The molecule has 64 valence electrons. The van der Waals surface area contributed by atoms with E-state index in [1.807, 2.05) is 0 Å². The van der Waals surface area contributed by atoms with Gasteiger partial charge in [-0.15, -0.1) is 10.2 Å². The summed E-state index contributed by atoms with van der Waals surface area (Å²) in [6, 6.07) is 3.33. The molecule has 0 bridgehead atoms. The van der Waals surface area contributed by atoms with Crippen molar-refractivity contribution in [2.24, 2.45) is 0 Å². The fourth-order valence-corrected chi connectivity index (χ4v) is 0.767. The Hall–Kier alpha value is -0.940. The van der Waals surface area contributed by atoms with Crippen molar-refractivity contribution in [3.63, 3.8) is 0 Å². The van der Waals surface area contributed by atoms with Crippen molar-refractivity contribution in [3.8, 4) is 0 Å². The fourth-order valence-electron chi connectivity index (χ4n) is 0.561. The smallest absolute Gasteiger partial charge is 0.171 e. The molecule has 12 heavy (non-hydrogen) atoms. The molecule has 0 aliphatic rings. The Morgan fingerprint density at radius 3 is 2.75 bits per heavy atom. The summed E-state index contributed by atoms with van der Waals surface area (Å²) in [5.74, 6) is 0.568. The highest BCUT2D eigenvalue weighted by molar-refractivity contribution is 7.80. The number of thiocarbonyl (C=S) groups is 1. The third-order valence-electron chi connectivity index (χ3n) is 1.10. The Bertz CT molecular complexity index is 273. The lowest BCUT2D eigenvalue weighted by atomic mass is 10.5. The Kier molecular flexibility index (Phi) is 3.19. The van der Waals surface area contributed by atoms with Gasteiger partial charge in [0.15, 0.2) is 16.1 Å². The van der Waals surface area contributed by atoms with Crippen LogP contribution in [0.1, 0.15) is 0 Å². The summed E-state index contributed by atoms with van der Waals surface area (Å²) in [5, 5.41) is 13.8. The predicted octanol–water partition coefficient (Wildman–Crippen LogP) is 1.05. The van der Waals surface area contributed by atoms with Gasteiger partial charge in [-0.1, -0.05) is 11.6 Å². The monoisotopic (exact) mass is 202 g/mol. The predicted molar refractivity (Wildman–Crippen MR) is 52.3 cm³/mol. The number of halogens is 1. The number of rotatable bonds is 1. The lowest BCUT2D eigenvalue weighted by molar-refractivity contribution is 1.03. The number of anilines is 1. The van der Waals surface area contributed by atoms with E-state index in [9.17, 15) is 0 Å². The van der Waals surface area contributed by atoms with E-state index >= 15 is 0 Å². The van der Waals surface area contributed by atoms with Crippen LogP contribution in [0.2, 0.25) is 5.15 Å². The Labute approximate surface area is 80.3 Å². The highest BCUT2D eigenvalue weighted by Gasteiger charge is 1.96. The van der Waals surface area contributed by atoms with Gasteiger partial charge in [-0.3, -0.25) is 0 Å². The van der Waals surface area contributed by atoms with Crippen LogP contribution in [-0.2, 0) is 0 Å². The fraction of sp³-hybridized carbons (Fsp3) is 0.167. The van der Waals surface area contributed by atoms with E-state index < -0.39 is 0 Å². The molecule has 0 aliphatic carbocycles. The van der Waals surface area contributed by atoms with Gasteiger partial charge in [0, 0.05) is 7.05 Å². The van der Waals surface area contributed by atoms with E-state index in [4.69, 9.17) is 23.8 Å². The Morgan fingerprint density at radius 1 is 1.50 bits per heavy atom. The van der Waals surface area contributed by atoms with Gasteiger partial charge in [-0.25, -0.2) is 0 Å². The van der Waals surface area contributed by atoms with Crippen molar-refractivity contribution in [1.82, 2.24) is 15.5 Å². The molecule has 1 aromatic heterocycles. The normalized spacial score (nSPS) is 9.17. The first-order valence-corrected chi connectivity index (χ1v) is 3.99. The highest BCUT2D eigenvalue weighted by Crippen LogP contribution is 2.05. The summed E-state index contributed by atoms with van der Waals surface area (Å²) < 4.78 is 0. The van der Waals surface area contributed by atoms with Gasteiger partial charge in [0.1, 0.15) is 0 Å². The average Bonchev–Trinajstić information content (AvgIpc) is 2.09. The Morgan fingerprint density at radius 2 is 2.25 bits per heavy atom. The zero-order chi connectivity index (χ0) is 8.97. The quantitative estimate of drug-likeness (QED) is 0.667. The Balaban J connectivity index is 2.64. The van der Waals surface area contributed by atoms with Crippen LogP contribution < -0.4 is 10.6 Å². The highest BCUT2D eigenvalue weighted by atomic mass is 35.5. The molecule has 0 saturated carbocycles. The molecule has 0 amide bonds. The van der Waals surface area contributed by atoms with Crippen molar-refractivity contribution < 1.29 is 0 Å². The number of nitrogens with one attached hydrogen (secondary N) is 2. The van der Waals surface area contributed by atoms with Crippen LogP contribution in [0.15, 0.2) is 12.1 Å². The number of hydrogen-bond acceptors (Lipinski definition) is 3. The van der Waals surface area contributed by atoms with Crippen molar-refractivity contribution in [3.05, 3.63) is 17.3 Å². The number of nitrogens with zero attached hydrogens (tertiary/aromatic N) is 2. The summed E-state index contributed by atoms with van der Waals surface area (Å²) >= 11 is 10.4. The van der Waals surface area contributed by atoms with E-state index in [-0.39, 0.29) is 0 Å². The summed E-state index contributed by atoms with van der Waals surface area (Å²) in [7, 11) is 1.72. The second-order valence-corrected chi connectivity index (χ2v) is 2.74. The average molecular weight is 203 g/mol. The SMILES string of the molecule is CNC(=S)Nc1ccc(Cl)nn1. The first-order valence-electron chi connectivity index (χ1n) is 3.20. The second kappa shape index (κ2) is 4.18. The maximum atomic E-state index is 5.53. The van der Waals surface area contributed by atoms with Gasteiger partial charge in [0.2, 0.25) is 0 Å². The summed E-state index contributed by atoms with van der Waals surface area (Å²) in [5.41, 5.74) is 0. The molecule has 0 aliphatic heterocycles. The molecule has 4 nitrogen and oxygen atoms in total. The van der Waals surface area contributed by atoms with Gasteiger partial charge in [0.05, 0.1) is 0 Å². The molecule has 1 aromatic rings. The van der Waals surface area contributed by atoms with E-state index in [1.54, 1.807) is 19.2 Å². The lowest BCUT2D eigenvalue weighted by Gasteiger charge is -2.03. The molecule has 0 radical (unpaired) electrons. The van der Waals surface area contributed by atoms with Crippen LogP contribution in [0.3, 0.4) is 0 Å². The van der Waals surface area contributed by atoms with Gasteiger partial charge >= 0.3 is 0 Å². The first kappa shape index (κ1) is 9.15. The third-order valence-corrected chi connectivity index (χ3v) is 1.61. The largest absolute Gasteiger partial charge is 0.365 e. The molecule has 1 rings (SSSR count). The summed E-state index contributed by atoms with van der Waals surface area (Å²) in [4.78, 5) is 0. The number of aromatic nitrogens is 2. The van der Waals surface area contributed by atoms with Crippen molar-refractivity contribution in [2.45, 2.75) is 0 Å². The molecule has 0 atom stereocenters. The minimum Gasteiger partial charge on any atom is -0.365 e. The standard InChI is InChI=1S/C6H7ClN4S/c1-8-6(12)9-5-3-2-4(7)10-11-5/h2-3H,1H3,(H2,8,9,11,12). The van der Waals surface area contributed by atoms with Crippen LogP contribution in [0.5, 0.6) is 0 Å². The molecule has 0 unspecified atom stereocenters. The van der Waals surface area contributed by atoms with Crippen LogP contribution >= 0.6 is 23.8 Å². The minimum atomic E-state index is 0.357. The van der Waals surface area contributed by atoms with Crippen LogP contribution in [-0.4, -0.2) is 22.4 Å². The van der Waals surface area contributed by atoms with E-state index in [2.05, 4.69) is 20.8 Å². The zero-order valence-corrected chi connectivity index (χ0v) is 7.91. The maximum Gasteiger partial charge on any atom is 0.171 e. The summed E-state index contributed by atoms with van der Waals surface area (Å²) in [6.45, 7) is 0. The zero-order valence-electron chi connectivity index (χ0n) is 6.34. The minimum absolute atomic E-state index is 0.357. The van der Waals surface area contributed by atoms with Crippen LogP contribution in [0.4, 0.5) is 5.82 Å². The molecule has 0 aromatic carbocycles. The second-order valence-electron chi connectivity index (χ2n) is 1.95. The van der Waals surface area contributed by atoms with Crippen molar-refractivity contribution in [1.29, 1.82) is 0 Å². The summed E-state index contributed by atoms with van der Waals surface area (Å²) in [6.07, 6.45) is 0. The molecule has 0 fully saturated rings. The van der Waals surface area contributed by atoms with Crippen molar-refractivity contribution >= 4 is 34.7 Å². The molecule has 0 saturated heterocycles. The van der Waals surface area contributed by atoms with Crippen LogP contribution in [0, 0.1) is 0 Å². The molecular formula is C6H7ClN4S. The maximum absolute atomic E-state index is 5.53.